The molecule has 6 N–H and O–H groups in total. The van der Waals surface area contributed by atoms with Gasteiger partial charge in [-0.3, -0.25) is 13.3 Å². The minimum atomic E-state index is -5.01. The highest BCUT2D eigenvalue weighted by Gasteiger charge is 2.24. The monoisotopic (exact) mass is 1090 g/mol. The molecule has 0 saturated carbocycles. The minimum absolute atomic E-state index is 0.0487. The Hall–Kier alpha value is -5.80. The van der Waals surface area contributed by atoms with Crippen LogP contribution >= 0.6 is 24.4 Å². The molecule has 0 unspecified atom stereocenters. The maximum absolute atomic E-state index is 12.8. The van der Waals surface area contributed by atoms with Gasteiger partial charge < -0.3 is 10.2 Å². The van der Waals surface area contributed by atoms with Crippen LogP contribution in [0.1, 0.15) is 11.4 Å². The third-order valence-electron chi connectivity index (χ3n) is 9.20. The van der Waals surface area contributed by atoms with E-state index in [0.717, 1.165) is 15.4 Å². The standard InChI is InChI=1S/C36H34N8O20S6/c1-21-33(35(45)43(41-21)26-7-11-28(12-8-26)68(51,52)18-16-60-70(56,57)58)39-37-23-3-13-29(31(19-23)65-63-61-47)30-14-4-24(20-32(30)69(53,54)55)38-40-34-22(2)42-44(36(34)46)25-5-9-27(10-6-25)67(49,50)17-15-59-66-64-62-48/h3-14,19-20,45-48H,15-18H2,1-2H3,(H,53,54,55)(H,56,57,58)/b39-37+,40-38+. The summed E-state index contributed by atoms with van der Waals surface area (Å²) in [6.45, 7) is 1.83. The number of hydrogen-bond donors (Lipinski definition) is 6. The first kappa shape index (κ1) is 53.5. The molecule has 0 atom stereocenters. The summed E-state index contributed by atoms with van der Waals surface area (Å²) in [5.74, 6) is -2.25. The second-order valence-electron chi connectivity index (χ2n) is 13.7. The summed E-state index contributed by atoms with van der Waals surface area (Å²) in [7, 11) is -17.7. The van der Waals surface area contributed by atoms with Crippen LogP contribution in [0.2, 0.25) is 0 Å². The molecule has 0 bridgehead atoms. The predicted octanol–water partition coefficient (Wildman–Crippen LogP) is 6.63. The van der Waals surface area contributed by atoms with E-state index in [0.29, 0.717) is 12.0 Å². The third kappa shape index (κ3) is 13.3. The fraction of sp³-hybridized carbons (Fsp3) is 0.167. The number of aryl methyl sites for hydroxylation is 2. The van der Waals surface area contributed by atoms with Crippen molar-refractivity contribution in [2.24, 2.45) is 20.5 Å². The average Bonchev–Trinajstić information content (AvgIpc) is 3.76. The molecule has 374 valence electrons. The van der Waals surface area contributed by atoms with Crippen molar-refractivity contribution in [3.63, 3.8) is 0 Å². The quantitative estimate of drug-likeness (QED) is 0.00979. The number of hydrogen-bond acceptors (Lipinski definition) is 26. The summed E-state index contributed by atoms with van der Waals surface area (Å²) in [6, 6.07) is 17.8. The van der Waals surface area contributed by atoms with Crippen LogP contribution in [0.5, 0.6) is 11.8 Å². The van der Waals surface area contributed by atoms with Crippen molar-refractivity contribution in [1.29, 1.82) is 0 Å². The first-order valence-corrected chi connectivity index (χ1v) is 26.4. The van der Waals surface area contributed by atoms with E-state index >= 15 is 0 Å². The van der Waals surface area contributed by atoms with Crippen LogP contribution in [-0.2, 0) is 67.3 Å². The summed E-state index contributed by atoms with van der Waals surface area (Å²) in [5.41, 5.74) is 0.408. The van der Waals surface area contributed by atoms with Gasteiger partial charge in [0.15, 0.2) is 43.4 Å². The molecule has 34 heteroatoms. The predicted molar refractivity (Wildman–Crippen MR) is 241 cm³/mol. The lowest BCUT2D eigenvalue weighted by Crippen LogP contribution is -2.15. The van der Waals surface area contributed by atoms with Crippen molar-refractivity contribution in [3.8, 4) is 34.3 Å². The molecule has 28 nitrogen and oxygen atoms in total. The van der Waals surface area contributed by atoms with E-state index in [-0.39, 0.29) is 90.3 Å². The van der Waals surface area contributed by atoms with Gasteiger partial charge in [-0.15, -0.1) is 18.9 Å². The zero-order valence-corrected chi connectivity index (χ0v) is 40.2. The maximum atomic E-state index is 12.8. The fourth-order valence-corrected chi connectivity index (χ4v) is 10.2. The molecule has 0 amide bonds. The molecule has 2 aromatic heterocycles. The number of nitrogens with zero attached hydrogens (tertiary/aromatic N) is 8. The molecule has 0 radical (unpaired) electrons. The smallest absolute Gasteiger partial charge is 0.397 e. The van der Waals surface area contributed by atoms with Crippen molar-refractivity contribution in [2.75, 3.05) is 24.7 Å². The van der Waals surface area contributed by atoms with E-state index in [1.807, 2.05) is 0 Å². The molecule has 2 heterocycles. The molecule has 0 aliphatic carbocycles. The SMILES string of the molecule is Cc1nn(-c2ccc(S(=O)(=O)CCOS(=O)(=O)O)cc2)c(O)c1/N=N/c1ccc(-c2ccc(/N=N/c3c(C)nn(-c4ccc(S(=O)(=O)CCOSOOO)cc4)c3O)cc2S(=O)(=O)O)c(SOOO)c1. The molecular formula is C36H34N8O20S6. The molecule has 0 saturated heterocycles. The maximum Gasteiger partial charge on any atom is 0.397 e. The Morgan fingerprint density at radius 3 is 1.54 bits per heavy atom. The van der Waals surface area contributed by atoms with Crippen LogP contribution < -0.4 is 0 Å². The highest BCUT2D eigenvalue weighted by atomic mass is 32.3. The Morgan fingerprint density at radius 1 is 0.600 bits per heavy atom. The van der Waals surface area contributed by atoms with Crippen LogP contribution in [0.3, 0.4) is 0 Å². The van der Waals surface area contributed by atoms with Gasteiger partial charge in [0.1, 0.15) is 4.90 Å². The van der Waals surface area contributed by atoms with Gasteiger partial charge in [0.05, 0.1) is 80.7 Å². The van der Waals surface area contributed by atoms with Crippen LogP contribution in [0.25, 0.3) is 22.5 Å². The molecular weight excluding hydrogens is 1060 g/mol. The first-order chi connectivity index (χ1) is 33.0. The van der Waals surface area contributed by atoms with Gasteiger partial charge in [-0.05, 0) is 92.2 Å². The van der Waals surface area contributed by atoms with Crippen LogP contribution in [0.4, 0.5) is 22.7 Å². The molecule has 0 aliphatic rings. The molecule has 4 aromatic carbocycles. The topological polar surface area (TPSA) is 398 Å². The molecule has 70 heavy (non-hydrogen) atoms. The third-order valence-corrected chi connectivity index (χ3v) is 15.0. The lowest BCUT2D eigenvalue weighted by Gasteiger charge is -2.12. The van der Waals surface area contributed by atoms with Gasteiger partial charge >= 0.3 is 10.4 Å². The Bertz CT molecular complexity index is 3390. The number of aromatic nitrogens is 4. The second-order valence-corrected chi connectivity index (χ2v) is 21.7. The zero-order chi connectivity index (χ0) is 51.0. The van der Waals surface area contributed by atoms with Gasteiger partial charge in [0.25, 0.3) is 10.1 Å². The lowest BCUT2D eigenvalue weighted by atomic mass is 10.0. The van der Waals surface area contributed by atoms with E-state index in [9.17, 15) is 48.4 Å². The Labute approximate surface area is 404 Å². The molecule has 0 aliphatic heterocycles. The summed E-state index contributed by atoms with van der Waals surface area (Å²) < 4.78 is 136. The summed E-state index contributed by atoms with van der Waals surface area (Å²) in [5, 5.41) is 70.9. The number of sulfone groups is 2. The largest absolute Gasteiger partial charge is 0.492 e. The fourth-order valence-electron chi connectivity index (χ4n) is 6.03. The summed E-state index contributed by atoms with van der Waals surface area (Å²) in [6.07, 6.45) is 0. The average molecular weight is 1090 g/mol. The normalized spacial score (nSPS) is 12.7. The summed E-state index contributed by atoms with van der Waals surface area (Å²) in [4.78, 5) is -0.924. The van der Waals surface area contributed by atoms with Crippen molar-refractivity contribution in [1.82, 2.24) is 19.6 Å². The zero-order valence-electron chi connectivity index (χ0n) is 35.3. The van der Waals surface area contributed by atoms with Gasteiger partial charge in [-0.2, -0.15) is 46.6 Å². The molecule has 0 spiro atoms. The van der Waals surface area contributed by atoms with Crippen molar-refractivity contribution in [2.45, 2.75) is 33.4 Å². The van der Waals surface area contributed by atoms with Crippen molar-refractivity contribution < 1.29 is 90.6 Å². The Morgan fingerprint density at radius 2 is 1.07 bits per heavy atom. The Balaban J connectivity index is 1.22. The highest BCUT2D eigenvalue weighted by Crippen LogP contribution is 2.41. The molecule has 6 aromatic rings. The molecule has 0 fully saturated rings. The van der Waals surface area contributed by atoms with E-state index in [1.165, 1.54) is 92.7 Å². The first-order valence-electron chi connectivity index (χ1n) is 18.9. The van der Waals surface area contributed by atoms with Crippen LogP contribution in [-0.4, -0.2) is 108 Å². The van der Waals surface area contributed by atoms with E-state index < -0.39 is 75.0 Å². The number of rotatable bonds is 23. The minimum Gasteiger partial charge on any atom is -0.492 e. The van der Waals surface area contributed by atoms with Crippen molar-refractivity contribution >= 4 is 87.3 Å². The van der Waals surface area contributed by atoms with Crippen LogP contribution in [0, 0.1) is 13.8 Å². The van der Waals surface area contributed by atoms with E-state index in [1.54, 1.807) is 0 Å². The van der Waals surface area contributed by atoms with Crippen molar-refractivity contribution in [3.05, 3.63) is 96.3 Å². The van der Waals surface area contributed by atoms with Crippen LogP contribution in [0.15, 0.2) is 125 Å². The number of azo groups is 2. The van der Waals surface area contributed by atoms with Gasteiger partial charge in [0, 0.05) is 10.5 Å². The second kappa shape index (κ2) is 22.5. The van der Waals surface area contributed by atoms with Gasteiger partial charge in [0.2, 0.25) is 11.8 Å². The van der Waals surface area contributed by atoms with Gasteiger partial charge in [-0.1, -0.05) is 22.2 Å². The van der Waals surface area contributed by atoms with Gasteiger partial charge in [-0.25, -0.2) is 31.5 Å². The van der Waals surface area contributed by atoms with E-state index in [2.05, 4.69) is 53.6 Å². The number of benzene rings is 4. The Kier molecular flexibility index (Phi) is 17.2. The highest BCUT2D eigenvalue weighted by molar-refractivity contribution is 7.94. The lowest BCUT2D eigenvalue weighted by molar-refractivity contribution is -0.434. The number of aromatic hydroxyl groups is 2. The molecule has 6 rings (SSSR count). The summed E-state index contributed by atoms with van der Waals surface area (Å²) >= 11 is 0.626. The van der Waals surface area contributed by atoms with E-state index in [4.69, 9.17) is 19.3 Å².